The van der Waals surface area contributed by atoms with Crippen LogP contribution in [0.4, 0.5) is 0 Å². The van der Waals surface area contributed by atoms with Crippen LogP contribution in [0, 0.1) is 0 Å². The zero-order valence-corrected chi connectivity index (χ0v) is 12.8. The van der Waals surface area contributed by atoms with Gasteiger partial charge in [0.15, 0.2) is 5.01 Å². The van der Waals surface area contributed by atoms with Gasteiger partial charge in [0.2, 0.25) is 0 Å². The lowest BCUT2D eigenvalue weighted by Crippen LogP contribution is -2.36. The summed E-state index contributed by atoms with van der Waals surface area (Å²) < 4.78 is 0. The van der Waals surface area contributed by atoms with Crippen LogP contribution in [0.25, 0.3) is 10.7 Å². The maximum absolute atomic E-state index is 11.0. The van der Waals surface area contributed by atoms with Crippen LogP contribution >= 0.6 is 11.3 Å². The molecule has 7 heteroatoms. The van der Waals surface area contributed by atoms with Gasteiger partial charge in [0.1, 0.15) is 10.7 Å². The van der Waals surface area contributed by atoms with Crippen LogP contribution in [0.5, 0.6) is 0 Å². The van der Waals surface area contributed by atoms with E-state index < -0.39 is 0 Å². The van der Waals surface area contributed by atoms with Crippen LogP contribution in [0.15, 0.2) is 16.9 Å². The maximum Gasteiger partial charge on any atom is 0.264 e. The van der Waals surface area contributed by atoms with E-state index in [1.165, 1.54) is 17.4 Å². The Morgan fingerprint density at radius 1 is 1.30 bits per heavy atom. The molecular weight excluding hydrogens is 274 g/mol. The highest BCUT2D eigenvalue weighted by atomic mass is 32.1. The van der Waals surface area contributed by atoms with Gasteiger partial charge < -0.3 is 5.32 Å². The fourth-order valence-corrected chi connectivity index (χ4v) is 2.48. The number of nitrogens with one attached hydrogen (secondary N) is 2. The van der Waals surface area contributed by atoms with Crippen LogP contribution < -0.4 is 10.9 Å². The number of nitrogens with zero attached hydrogens (tertiary/aromatic N) is 3. The second kappa shape index (κ2) is 6.23. The first kappa shape index (κ1) is 14.8. The molecule has 2 aromatic heterocycles. The van der Waals surface area contributed by atoms with Crippen molar-refractivity contribution in [2.24, 2.45) is 0 Å². The molecule has 0 aliphatic heterocycles. The van der Waals surface area contributed by atoms with E-state index >= 15 is 0 Å². The summed E-state index contributed by atoms with van der Waals surface area (Å²) in [5, 5.41) is 19.8. The third kappa shape index (κ3) is 4.50. The van der Waals surface area contributed by atoms with Gasteiger partial charge in [-0.3, -0.25) is 4.79 Å². The quantitative estimate of drug-likeness (QED) is 0.818. The average Bonchev–Trinajstić information content (AvgIpc) is 2.83. The SMILES string of the molecule is CC(C)(C)NCCCc1nnc(-c2ccc(=O)[nH]n2)s1. The monoisotopic (exact) mass is 293 g/mol. The first-order valence-electron chi connectivity index (χ1n) is 6.57. The Balaban J connectivity index is 1.89. The van der Waals surface area contributed by atoms with Crippen LogP contribution in [-0.4, -0.2) is 32.5 Å². The Morgan fingerprint density at radius 2 is 2.10 bits per heavy atom. The molecule has 0 spiro atoms. The number of hydrogen-bond acceptors (Lipinski definition) is 6. The smallest absolute Gasteiger partial charge is 0.264 e. The van der Waals surface area contributed by atoms with E-state index in [4.69, 9.17) is 0 Å². The number of aryl methyl sites for hydroxylation is 1. The van der Waals surface area contributed by atoms with Crippen LogP contribution in [-0.2, 0) is 6.42 Å². The predicted octanol–water partition coefficient (Wildman–Crippen LogP) is 1.61. The van der Waals surface area contributed by atoms with Gasteiger partial charge >= 0.3 is 0 Å². The Kier molecular flexibility index (Phi) is 4.61. The molecule has 0 bridgehead atoms. The normalized spacial score (nSPS) is 11.8. The zero-order valence-electron chi connectivity index (χ0n) is 11.9. The van der Waals surface area contributed by atoms with Crippen LogP contribution in [0.3, 0.4) is 0 Å². The van der Waals surface area contributed by atoms with Gasteiger partial charge in [0, 0.05) is 18.0 Å². The van der Waals surface area contributed by atoms with Crippen molar-refractivity contribution in [2.75, 3.05) is 6.54 Å². The first-order chi connectivity index (χ1) is 9.44. The van der Waals surface area contributed by atoms with E-state index in [1.54, 1.807) is 6.07 Å². The minimum Gasteiger partial charge on any atom is -0.312 e. The second-order valence-corrected chi connectivity index (χ2v) is 6.65. The molecular formula is C13H19N5OS. The number of aromatic amines is 1. The molecule has 0 fully saturated rings. The van der Waals surface area contributed by atoms with Crippen LogP contribution in [0.2, 0.25) is 0 Å². The Hall–Kier alpha value is -1.60. The summed E-state index contributed by atoms with van der Waals surface area (Å²) in [6, 6.07) is 3.10. The molecule has 2 N–H and O–H groups in total. The van der Waals surface area contributed by atoms with E-state index in [2.05, 4.69) is 46.5 Å². The second-order valence-electron chi connectivity index (χ2n) is 5.59. The summed E-state index contributed by atoms with van der Waals surface area (Å²) in [7, 11) is 0. The van der Waals surface area contributed by atoms with Crippen LogP contribution in [0.1, 0.15) is 32.2 Å². The van der Waals surface area contributed by atoms with Crippen molar-refractivity contribution in [1.29, 1.82) is 0 Å². The zero-order chi connectivity index (χ0) is 14.6. The van der Waals surface area contributed by atoms with Crippen molar-refractivity contribution >= 4 is 11.3 Å². The Labute approximate surface area is 121 Å². The molecule has 2 aromatic rings. The number of rotatable bonds is 5. The molecule has 2 rings (SSSR count). The molecule has 0 radical (unpaired) electrons. The Bertz CT molecular complexity index is 593. The number of aromatic nitrogens is 4. The number of hydrogen-bond donors (Lipinski definition) is 2. The lowest BCUT2D eigenvalue weighted by atomic mass is 10.1. The van der Waals surface area contributed by atoms with Gasteiger partial charge in [-0.2, -0.15) is 5.10 Å². The molecule has 2 heterocycles. The maximum atomic E-state index is 11.0. The van der Waals surface area contributed by atoms with E-state index in [1.807, 2.05) is 0 Å². The van der Waals surface area contributed by atoms with Gasteiger partial charge in [0.05, 0.1) is 0 Å². The summed E-state index contributed by atoms with van der Waals surface area (Å²) in [4.78, 5) is 11.0. The van der Waals surface area contributed by atoms with Crippen molar-refractivity contribution in [3.63, 3.8) is 0 Å². The minimum absolute atomic E-state index is 0.145. The number of H-pyrrole nitrogens is 1. The van der Waals surface area contributed by atoms with E-state index in [9.17, 15) is 4.79 Å². The van der Waals surface area contributed by atoms with Crippen molar-refractivity contribution in [1.82, 2.24) is 25.7 Å². The third-order valence-electron chi connectivity index (χ3n) is 2.59. The van der Waals surface area contributed by atoms with E-state index in [0.29, 0.717) is 5.69 Å². The standard InChI is InChI=1S/C13H19N5OS/c1-13(2,3)14-8-4-5-11-17-18-12(20-11)9-6-7-10(19)16-15-9/h6-7,14H,4-5,8H2,1-3H3,(H,16,19). The topological polar surface area (TPSA) is 83.6 Å². The minimum atomic E-state index is -0.216. The molecule has 6 nitrogen and oxygen atoms in total. The van der Waals surface area contributed by atoms with E-state index in [0.717, 1.165) is 29.4 Å². The summed E-state index contributed by atoms with van der Waals surface area (Å²) in [6.07, 6.45) is 1.91. The molecule has 0 saturated carbocycles. The average molecular weight is 293 g/mol. The molecule has 108 valence electrons. The highest BCUT2D eigenvalue weighted by Gasteiger charge is 2.10. The van der Waals surface area contributed by atoms with Crippen molar-refractivity contribution in [3.8, 4) is 10.7 Å². The summed E-state index contributed by atoms with van der Waals surface area (Å²) in [5.41, 5.74) is 0.583. The van der Waals surface area contributed by atoms with Crippen molar-refractivity contribution in [3.05, 3.63) is 27.5 Å². The summed E-state index contributed by atoms with van der Waals surface area (Å²) in [6.45, 7) is 7.41. The molecule has 0 unspecified atom stereocenters. The summed E-state index contributed by atoms with van der Waals surface area (Å²) in [5.74, 6) is 0. The molecule has 0 aromatic carbocycles. The fourth-order valence-electron chi connectivity index (χ4n) is 1.62. The van der Waals surface area contributed by atoms with Gasteiger partial charge in [-0.25, -0.2) is 5.10 Å². The Morgan fingerprint density at radius 3 is 2.75 bits per heavy atom. The molecule has 0 atom stereocenters. The molecule has 0 amide bonds. The summed E-state index contributed by atoms with van der Waals surface area (Å²) >= 11 is 1.52. The lowest BCUT2D eigenvalue weighted by molar-refractivity contribution is 0.422. The van der Waals surface area contributed by atoms with Gasteiger partial charge in [0.25, 0.3) is 5.56 Å². The van der Waals surface area contributed by atoms with Gasteiger partial charge in [-0.15, -0.1) is 10.2 Å². The first-order valence-corrected chi connectivity index (χ1v) is 7.39. The highest BCUT2D eigenvalue weighted by molar-refractivity contribution is 7.14. The highest BCUT2D eigenvalue weighted by Crippen LogP contribution is 2.20. The molecule has 0 aliphatic carbocycles. The fraction of sp³-hybridized carbons (Fsp3) is 0.538. The van der Waals surface area contributed by atoms with Gasteiger partial charge in [-0.1, -0.05) is 11.3 Å². The predicted molar refractivity (Wildman–Crippen MR) is 79.8 cm³/mol. The third-order valence-corrected chi connectivity index (χ3v) is 3.59. The molecule has 0 aliphatic rings. The largest absolute Gasteiger partial charge is 0.312 e. The molecule has 0 saturated heterocycles. The van der Waals surface area contributed by atoms with Crippen molar-refractivity contribution in [2.45, 2.75) is 39.2 Å². The van der Waals surface area contributed by atoms with E-state index in [-0.39, 0.29) is 11.1 Å². The molecule has 20 heavy (non-hydrogen) atoms. The van der Waals surface area contributed by atoms with Crippen molar-refractivity contribution < 1.29 is 0 Å². The lowest BCUT2D eigenvalue weighted by Gasteiger charge is -2.20. The van der Waals surface area contributed by atoms with Gasteiger partial charge in [-0.05, 0) is 39.8 Å².